The molecule has 0 fully saturated rings. The van der Waals surface area contributed by atoms with Gasteiger partial charge in [-0.25, -0.2) is 5.43 Å². The van der Waals surface area contributed by atoms with E-state index in [1.165, 1.54) is 24.4 Å². The van der Waals surface area contributed by atoms with Crippen LogP contribution in [-0.2, 0) is 11.3 Å². The summed E-state index contributed by atoms with van der Waals surface area (Å²) in [6.07, 6.45) is 1.52. The van der Waals surface area contributed by atoms with Crippen LogP contribution in [0.2, 0.25) is 10.0 Å². The second kappa shape index (κ2) is 11.8. The zero-order valence-electron chi connectivity index (χ0n) is 19.8. The molecule has 0 aliphatic heterocycles. The fourth-order valence-electron chi connectivity index (χ4n) is 3.63. The van der Waals surface area contributed by atoms with E-state index in [0.717, 1.165) is 21.9 Å². The lowest BCUT2D eigenvalue weighted by atomic mass is 10.0. The average molecular weight is 536 g/mol. The van der Waals surface area contributed by atoms with Gasteiger partial charge >= 0.3 is 0 Å². The largest absolute Gasteiger partial charge is 0.506 e. The van der Waals surface area contributed by atoms with Crippen LogP contribution in [0.4, 0.5) is 0 Å². The highest BCUT2D eigenvalue weighted by atomic mass is 35.5. The minimum absolute atomic E-state index is 0.0757. The number of amides is 2. The van der Waals surface area contributed by atoms with Gasteiger partial charge in [0, 0.05) is 35.1 Å². The van der Waals surface area contributed by atoms with E-state index in [0.29, 0.717) is 17.3 Å². The van der Waals surface area contributed by atoms with Gasteiger partial charge in [-0.05, 0) is 47.3 Å². The van der Waals surface area contributed by atoms with Gasteiger partial charge in [0.05, 0.1) is 11.2 Å². The summed E-state index contributed by atoms with van der Waals surface area (Å²) in [6, 6.07) is 22.6. The molecule has 4 aromatic carbocycles. The van der Waals surface area contributed by atoms with E-state index in [1.807, 2.05) is 42.5 Å². The first-order chi connectivity index (χ1) is 17.8. The molecule has 0 aliphatic rings. The highest BCUT2D eigenvalue weighted by Gasteiger charge is 2.14. The molecule has 0 heterocycles. The summed E-state index contributed by atoms with van der Waals surface area (Å²) >= 11 is 12.1. The van der Waals surface area contributed by atoms with Crippen LogP contribution in [0.25, 0.3) is 10.8 Å². The number of ether oxygens (including phenoxy) is 1. The third-order valence-electron chi connectivity index (χ3n) is 5.64. The smallest absolute Gasteiger partial charge is 0.271 e. The number of hydrazone groups is 1. The van der Waals surface area contributed by atoms with Gasteiger partial charge in [0.1, 0.15) is 11.5 Å². The Labute approximate surface area is 223 Å². The molecule has 0 saturated carbocycles. The molecule has 0 aliphatic carbocycles. The van der Waals surface area contributed by atoms with E-state index < -0.39 is 5.91 Å². The first-order valence-corrected chi connectivity index (χ1v) is 12.0. The molecule has 0 saturated heterocycles. The van der Waals surface area contributed by atoms with Crippen LogP contribution >= 0.6 is 23.2 Å². The van der Waals surface area contributed by atoms with Crippen LogP contribution in [0.5, 0.6) is 11.5 Å². The van der Waals surface area contributed by atoms with Crippen LogP contribution < -0.4 is 10.2 Å². The van der Waals surface area contributed by atoms with Gasteiger partial charge in [0.2, 0.25) is 0 Å². The zero-order chi connectivity index (χ0) is 26.4. The maximum Gasteiger partial charge on any atom is 0.271 e. The van der Waals surface area contributed by atoms with Crippen LogP contribution in [0.15, 0.2) is 84.0 Å². The predicted molar refractivity (Wildman–Crippen MR) is 146 cm³/mol. The van der Waals surface area contributed by atoms with Gasteiger partial charge in [0.25, 0.3) is 11.8 Å². The van der Waals surface area contributed by atoms with Crippen molar-refractivity contribution in [3.8, 4) is 11.5 Å². The van der Waals surface area contributed by atoms with Crippen molar-refractivity contribution in [2.75, 3.05) is 13.7 Å². The van der Waals surface area contributed by atoms with Gasteiger partial charge in [0.15, 0.2) is 6.61 Å². The first-order valence-electron chi connectivity index (χ1n) is 11.3. The maximum absolute atomic E-state index is 12.7. The number of hydrogen-bond acceptors (Lipinski definition) is 5. The molecular weight excluding hydrogens is 513 g/mol. The third kappa shape index (κ3) is 6.39. The summed E-state index contributed by atoms with van der Waals surface area (Å²) in [6.45, 7) is 0.240. The van der Waals surface area contributed by atoms with Crippen LogP contribution in [0.3, 0.4) is 0 Å². The molecule has 0 atom stereocenters. The summed E-state index contributed by atoms with van der Waals surface area (Å²) in [4.78, 5) is 26.6. The third-order valence-corrected chi connectivity index (χ3v) is 6.31. The Balaban J connectivity index is 1.43. The minimum Gasteiger partial charge on any atom is -0.506 e. The van der Waals surface area contributed by atoms with E-state index >= 15 is 0 Å². The normalized spacial score (nSPS) is 11.0. The molecule has 2 amide bonds. The predicted octanol–water partition coefficient (Wildman–Crippen LogP) is 5.65. The van der Waals surface area contributed by atoms with Gasteiger partial charge in [-0.1, -0.05) is 65.7 Å². The second-order valence-corrected chi connectivity index (χ2v) is 9.01. The van der Waals surface area contributed by atoms with Crippen LogP contribution in [0.1, 0.15) is 21.5 Å². The summed E-state index contributed by atoms with van der Waals surface area (Å²) in [5, 5.41) is 15.9. The topological polar surface area (TPSA) is 91.2 Å². The van der Waals surface area contributed by atoms with Crippen molar-refractivity contribution in [1.82, 2.24) is 10.3 Å². The number of phenolic OH excluding ortho intramolecular Hbond substituents is 1. The van der Waals surface area contributed by atoms with E-state index in [9.17, 15) is 14.7 Å². The molecule has 0 radical (unpaired) electrons. The Morgan fingerprint density at radius 2 is 1.70 bits per heavy atom. The van der Waals surface area contributed by atoms with E-state index in [2.05, 4.69) is 10.5 Å². The monoisotopic (exact) mass is 535 g/mol. The Bertz CT molecular complexity index is 1490. The molecule has 0 aromatic heterocycles. The van der Waals surface area contributed by atoms with Crippen molar-refractivity contribution in [3.05, 3.63) is 106 Å². The number of benzene rings is 4. The maximum atomic E-state index is 12.7. The number of nitrogens with zero attached hydrogens (tertiary/aromatic N) is 2. The lowest BCUT2D eigenvalue weighted by Gasteiger charge is -2.19. The molecule has 9 heteroatoms. The highest BCUT2D eigenvalue weighted by Crippen LogP contribution is 2.28. The van der Waals surface area contributed by atoms with Crippen molar-refractivity contribution in [1.29, 1.82) is 0 Å². The molecular formula is C28H23Cl2N3O4. The van der Waals surface area contributed by atoms with Gasteiger partial charge in [-0.15, -0.1) is 0 Å². The molecule has 0 unspecified atom stereocenters. The number of halogens is 2. The number of nitrogens with one attached hydrogen (secondary N) is 1. The summed E-state index contributed by atoms with van der Waals surface area (Å²) in [5.74, 6) is -0.215. The Morgan fingerprint density at radius 1 is 0.973 bits per heavy atom. The second-order valence-electron chi connectivity index (χ2n) is 8.19. The number of carbonyl (C=O) groups is 2. The number of carbonyl (C=O) groups excluding carboxylic acids is 2. The fraction of sp³-hybridized carbons (Fsp3) is 0.107. The summed E-state index contributed by atoms with van der Waals surface area (Å²) in [7, 11) is 1.70. The van der Waals surface area contributed by atoms with Crippen molar-refractivity contribution in [2.24, 2.45) is 5.10 Å². The number of fused-ring (bicyclic) bond motifs is 1. The number of aromatic hydroxyl groups is 1. The molecule has 188 valence electrons. The highest BCUT2D eigenvalue weighted by molar-refractivity contribution is 6.32. The molecule has 7 nitrogen and oxygen atoms in total. The van der Waals surface area contributed by atoms with E-state index in [4.69, 9.17) is 27.9 Å². The van der Waals surface area contributed by atoms with Crippen molar-refractivity contribution in [2.45, 2.75) is 6.54 Å². The first kappa shape index (κ1) is 26.0. The standard InChI is InChI=1S/C28H23Cl2N3O4/c1-33(16-20-6-2-5-9-23(20)29)27(35)17-37-26-13-11-19(21-7-3-4-8-22(21)26)15-31-32-28(36)18-10-12-25(34)24(30)14-18/h2-15,34H,16-17H2,1H3,(H,32,36). The number of likely N-dealkylation sites (N-methyl/N-ethyl adjacent to an activating group) is 1. The molecule has 4 aromatic rings. The van der Waals surface area contributed by atoms with Gasteiger partial charge in [-0.3, -0.25) is 9.59 Å². The number of hydrogen-bond donors (Lipinski definition) is 2. The average Bonchev–Trinajstić information content (AvgIpc) is 2.90. The Hall–Kier alpha value is -4.07. The lowest BCUT2D eigenvalue weighted by Crippen LogP contribution is -2.31. The number of rotatable bonds is 8. The van der Waals surface area contributed by atoms with Crippen molar-refractivity contribution < 1.29 is 19.4 Å². The van der Waals surface area contributed by atoms with Crippen LogP contribution in [0, 0.1) is 0 Å². The summed E-state index contributed by atoms with van der Waals surface area (Å²) < 4.78 is 5.88. The molecule has 0 spiro atoms. The zero-order valence-corrected chi connectivity index (χ0v) is 21.3. The van der Waals surface area contributed by atoms with Crippen molar-refractivity contribution >= 4 is 52.0 Å². The van der Waals surface area contributed by atoms with Gasteiger partial charge in [-0.2, -0.15) is 5.10 Å². The Kier molecular flexibility index (Phi) is 8.28. The fourth-order valence-corrected chi connectivity index (χ4v) is 4.00. The SMILES string of the molecule is CN(Cc1ccccc1Cl)C(=O)COc1ccc(C=NNC(=O)c2ccc(O)c(Cl)c2)c2ccccc12. The molecule has 0 bridgehead atoms. The van der Waals surface area contributed by atoms with Crippen molar-refractivity contribution in [3.63, 3.8) is 0 Å². The Morgan fingerprint density at radius 3 is 2.46 bits per heavy atom. The molecule has 2 N–H and O–H groups in total. The molecule has 4 rings (SSSR count). The van der Waals surface area contributed by atoms with E-state index in [1.54, 1.807) is 30.1 Å². The van der Waals surface area contributed by atoms with Gasteiger partial charge < -0.3 is 14.7 Å². The minimum atomic E-state index is -0.471. The quantitative estimate of drug-likeness (QED) is 0.225. The summed E-state index contributed by atoms with van der Waals surface area (Å²) in [5.41, 5.74) is 4.31. The molecule has 37 heavy (non-hydrogen) atoms. The van der Waals surface area contributed by atoms with Crippen LogP contribution in [-0.4, -0.2) is 41.7 Å². The lowest BCUT2D eigenvalue weighted by molar-refractivity contribution is -0.132. The van der Waals surface area contributed by atoms with E-state index in [-0.39, 0.29) is 28.8 Å². The number of phenols is 1.